The number of likely N-dealkylation sites (tertiary alicyclic amines) is 1. The lowest BCUT2D eigenvalue weighted by molar-refractivity contribution is -0.146. The van der Waals surface area contributed by atoms with Crippen molar-refractivity contribution < 1.29 is 19.4 Å². The zero-order chi connectivity index (χ0) is 19.6. The van der Waals surface area contributed by atoms with Crippen LogP contribution in [0.15, 0.2) is 54.6 Å². The van der Waals surface area contributed by atoms with Gasteiger partial charge in [-0.2, -0.15) is 0 Å². The number of benzene rings is 2. The van der Waals surface area contributed by atoms with Gasteiger partial charge < -0.3 is 19.6 Å². The van der Waals surface area contributed by atoms with Crippen molar-refractivity contribution in [1.29, 1.82) is 0 Å². The van der Waals surface area contributed by atoms with E-state index in [2.05, 4.69) is 4.90 Å². The molecule has 2 aromatic carbocycles. The normalized spacial score (nSPS) is 19.0. The van der Waals surface area contributed by atoms with Crippen molar-refractivity contribution in [3.8, 4) is 5.75 Å². The summed E-state index contributed by atoms with van der Waals surface area (Å²) in [6.45, 7) is 2.74. The molecule has 2 aliphatic rings. The SMILES string of the molecule is O=C1COc2ccccc2N1CCN1CCC(C(=O)O)(c2ccccc2)CC1. The van der Waals surface area contributed by atoms with Gasteiger partial charge in [-0.05, 0) is 43.6 Å². The first kappa shape index (κ1) is 18.5. The van der Waals surface area contributed by atoms with Crippen LogP contribution in [0, 0.1) is 0 Å². The van der Waals surface area contributed by atoms with E-state index in [9.17, 15) is 14.7 Å². The van der Waals surface area contributed by atoms with Crippen LogP contribution >= 0.6 is 0 Å². The summed E-state index contributed by atoms with van der Waals surface area (Å²) in [6, 6.07) is 17.1. The lowest BCUT2D eigenvalue weighted by Gasteiger charge is -2.40. The second kappa shape index (κ2) is 7.64. The summed E-state index contributed by atoms with van der Waals surface area (Å²) in [5.41, 5.74) is 0.860. The molecule has 2 aromatic rings. The van der Waals surface area contributed by atoms with Crippen molar-refractivity contribution in [1.82, 2.24) is 4.90 Å². The molecular formula is C22H24N2O4. The van der Waals surface area contributed by atoms with Crippen LogP contribution in [0.3, 0.4) is 0 Å². The molecule has 0 unspecified atom stereocenters. The minimum atomic E-state index is -0.820. The van der Waals surface area contributed by atoms with E-state index in [1.165, 1.54) is 0 Å². The molecule has 0 spiro atoms. The number of carboxylic acid groups (broad SMARTS) is 1. The lowest BCUT2D eigenvalue weighted by Crippen LogP contribution is -2.50. The van der Waals surface area contributed by atoms with Crippen molar-refractivity contribution in [2.45, 2.75) is 18.3 Å². The molecule has 2 heterocycles. The standard InChI is InChI=1S/C22H24N2O4/c25-20-16-28-19-9-5-4-8-18(19)24(20)15-14-23-12-10-22(11-13-23,21(26)27)17-6-2-1-3-7-17/h1-9H,10-16H2,(H,26,27). The first-order valence-corrected chi connectivity index (χ1v) is 9.64. The number of carbonyl (C=O) groups is 2. The summed E-state index contributed by atoms with van der Waals surface area (Å²) >= 11 is 0. The van der Waals surface area contributed by atoms with Crippen molar-refractivity contribution >= 4 is 17.6 Å². The Morgan fingerprint density at radius 3 is 2.39 bits per heavy atom. The third-order valence-electron chi connectivity index (χ3n) is 5.89. The third kappa shape index (κ3) is 3.36. The molecular weight excluding hydrogens is 356 g/mol. The first-order valence-electron chi connectivity index (χ1n) is 9.64. The Bertz CT molecular complexity index is 860. The van der Waals surface area contributed by atoms with Gasteiger partial charge in [-0.15, -0.1) is 0 Å². The van der Waals surface area contributed by atoms with E-state index < -0.39 is 11.4 Å². The molecule has 2 aliphatic heterocycles. The maximum absolute atomic E-state index is 12.3. The number of carboxylic acids is 1. The van der Waals surface area contributed by atoms with E-state index in [0.717, 1.165) is 17.0 Å². The maximum atomic E-state index is 12.3. The van der Waals surface area contributed by atoms with Gasteiger partial charge in [-0.3, -0.25) is 9.59 Å². The van der Waals surface area contributed by atoms with Crippen LogP contribution in [0.4, 0.5) is 5.69 Å². The number of ether oxygens (including phenoxy) is 1. The van der Waals surface area contributed by atoms with Crippen LogP contribution in [0.25, 0.3) is 0 Å². The number of amides is 1. The number of nitrogens with zero attached hydrogens (tertiary/aromatic N) is 2. The second-order valence-corrected chi connectivity index (χ2v) is 7.40. The Morgan fingerprint density at radius 1 is 1.00 bits per heavy atom. The molecule has 1 amide bonds. The molecule has 0 aliphatic carbocycles. The maximum Gasteiger partial charge on any atom is 0.314 e. The second-order valence-electron chi connectivity index (χ2n) is 7.40. The average Bonchev–Trinajstić information content (AvgIpc) is 2.74. The van der Waals surface area contributed by atoms with Crippen molar-refractivity contribution in [3.63, 3.8) is 0 Å². The molecule has 0 radical (unpaired) electrons. The van der Waals surface area contributed by atoms with E-state index in [1.54, 1.807) is 4.90 Å². The van der Waals surface area contributed by atoms with Gasteiger partial charge in [0.15, 0.2) is 6.61 Å². The number of carbonyl (C=O) groups excluding carboxylic acids is 1. The fourth-order valence-corrected chi connectivity index (χ4v) is 4.18. The van der Waals surface area contributed by atoms with E-state index in [-0.39, 0.29) is 12.5 Å². The van der Waals surface area contributed by atoms with Crippen molar-refractivity contribution in [2.24, 2.45) is 0 Å². The fourth-order valence-electron chi connectivity index (χ4n) is 4.18. The number of hydrogen-bond donors (Lipinski definition) is 1. The fraction of sp³-hybridized carbons (Fsp3) is 0.364. The number of rotatable bonds is 5. The van der Waals surface area contributed by atoms with Gasteiger partial charge in [0.25, 0.3) is 5.91 Å². The zero-order valence-electron chi connectivity index (χ0n) is 15.7. The molecule has 6 nitrogen and oxygen atoms in total. The minimum Gasteiger partial charge on any atom is -0.482 e. The topological polar surface area (TPSA) is 70.1 Å². The van der Waals surface area contributed by atoms with Gasteiger partial charge in [0.05, 0.1) is 11.1 Å². The summed E-state index contributed by atoms with van der Waals surface area (Å²) in [5, 5.41) is 9.92. The van der Waals surface area contributed by atoms with E-state index in [0.29, 0.717) is 39.0 Å². The average molecular weight is 380 g/mol. The number of piperidine rings is 1. The van der Waals surface area contributed by atoms with E-state index in [1.807, 2.05) is 54.6 Å². The predicted molar refractivity (Wildman–Crippen MR) is 106 cm³/mol. The monoisotopic (exact) mass is 380 g/mol. The number of para-hydroxylation sites is 2. The molecule has 28 heavy (non-hydrogen) atoms. The highest BCUT2D eigenvalue weighted by molar-refractivity contribution is 5.97. The van der Waals surface area contributed by atoms with Gasteiger partial charge in [-0.25, -0.2) is 0 Å². The Hall–Kier alpha value is -2.86. The molecule has 146 valence electrons. The van der Waals surface area contributed by atoms with Crippen LogP contribution in [0.2, 0.25) is 0 Å². The molecule has 1 N–H and O–H groups in total. The summed E-state index contributed by atoms with van der Waals surface area (Å²) in [4.78, 5) is 28.4. The molecule has 0 atom stereocenters. The third-order valence-corrected chi connectivity index (χ3v) is 5.89. The largest absolute Gasteiger partial charge is 0.482 e. The Morgan fingerprint density at radius 2 is 1.68 bits per heavy atom. The van der Waals surface area contributed by atoms with Crippen LogP contribution in [0.5, 0.6) is 5.75 Å². The van der Waals surface area contributed by atoms with Crippen LogP contribution < -0.4 is 9.64 Å². The summed E-state index contributed by atoms with van der Waals surface area (Å²) < 4.78 is 5.49. The highest BCUT2D eigenvalue weighted by Gasteiger charge is 2.43. The summed E-state index contributed by atoms with van der Waals surface area (Å²) in [6.07, 6.45) is 1.14. The van der Waals surface area contributed by atoms with Gasteiger partial charge in [0, 0.05) is 13.1 Å². The number of anilines is 1. The minimum absolute atomic E-state index is 0.0418. The smallest absolute Gasteiger partial charge is 0.314 e. The van der Waals surface area contributed by atoms with Crippen molar-refractivity contribution in [3.05, 3.63) is 60.2 Å². The Kier molecular flexibility index (Phi) is 5.05. The Balaban J connectivity index is 1.41. The van der Waals surface area contributed by atoms with Gasteiger partial charge in [-0.1, -0.05) is 42.5 Å². The van der Waals surface area contributed by atoms with E-state index >= 15 is 0 Å². The van der Waals surface area contributed by atoms with Gasteiger partial charge in [0.2, 0.25) is 0 Å². The molecule has 1 saturated heterocycles. The van der Waals surface area contributed by atoms with Gasteiger partial charge in [0.1, 0.15) is 5.75 Å². The summed E-state index contributed by atoms with van der Waals surface area (Å²) in [7, 11) is 0. The zero-order valence-corrected chi connectivity index (χ0v) is 15.7. The van der Waals surface area contributed by atoms with Crippen LogP contribution in [-0.4, -0.2) is 54.7 Å². The number of hydrogen-bond acceptors (Lipinski definition) is 4. The summed E-state index contributed by atoms with van der Waals surface area (Å²) in [5.74, 6) is -0.0646. The molecule has 1 fully saturated rings. The van der Waals surface area contributed by atoms with Gasteiger partial charge >= 0.3 is 5.97 Å². The molecule has 0 bridgehead atoms. The molecule has 4 rings (SSSR count). The quantitative estimate of drug-likeness (QED) is 0.863. The molecule has 0 aromatic heterocycles. The highest BCUT2D eigenvalue weighted by Crippen LogP contribution is 2.36. The Labute approximate surface area is 164 Å². The van der Waals surface area contributed by atoms with Crippen LogP contribution in [-0.2, 0) is 15.0 Å². The number of fused-ring (bicyclic) bond motifs is 1. The highest BCUT2D eigenvalue weighted by atomic mass is 16.5. The predicted octanol–water partition coefficient (Wildman–Crippen LogP) is 2.53. The van der Waals surface area contributed by atoms with E-state index in [4.69, 9.17) is 4.74 Å². The van der Waals surface area contributed by atoms with Crippen molar-refractivity contribution in [2.75, 3.05) is 37.7 Å². The molecule has 6 heteroatoms. The lowest BCUT2D eigenvalue weighted by atomic mass is 9.73. The first-order chi connectivity index (χ1) is 13.6. The number of aliphatic carboxylic acids is 1. The van der Waals surface area contributed by atoms with Crippen LogP contribution in [0.1, 0.15) is 18.4 Å². The molecule has 0 saturated carbocycles.